The van der Waals surface area contributed by atoms with Crippen LogP contribution in [-0.2, 0) is 33.4 Å². The summed E-state index contributed by atoms with van der Waals surface area (Å²) in [5.74, 6) is -1.21. The molecule has 0 saturated heterocycles. The number of nitrogens with two attached hydrogens (primary N) is 2. The molecule has 0 radical (unpaired) electrons. The summed E-state index contributed by atoms with van der Waals surface area (Å²) in [4.78, 5) is 46.8. The Kier molecular flexibility index (Phi) is 20.4. The van der Waals surface area contributed by atoms with Crippen LogP contribution in [0.1, 0.15) is 40.5 Å². The van der Waals surface area contributed by atoms with E-state index in [9.17, 15) is 19.2 Å². The zero-order chi connectivity index (χ0) is 28.1. The van der Waals surface area contributed by atoms with Crippen molar-refractivity contribution in [3.05, 3.63) is 0 Å². The van der Waals surface area contributed by atoms with Crippen LogP contribution in [0.3, 0.4) is 0 Å². The second-order valence-electron chi connectivity index (χ2n) is 9.22. The second-order valence-corrected chi connectivity index (χ2v) is 9.22. The molecule has 0 aliphatic carbocycles. The van der Waals surface area contributed by atoms with Gasteiger partial charge in [-0.25, -0.2) is 0 Å². The molecule has 0 unspecified atom stereocenters. The molecular formula is C24H48N6O7. The fourth-order valence-electron chi connectivity index (χ4n) is 2.65. The van der Waals surface area contributed by atoms with E-state index in [-0.39, 0.29) is 48.6 Å². The van der Waals surface area contributed by atoms with Gasteiger partial charge in [0.15, 0.2) is 0 Å². The maximum Gasteiger partial charge on any atom is 0.239 e. The molecule has 4 amide bonds. The number of rotatable bonds is 22. The maximum absolute atomic E-state index is 11.7. The number of hydrogen-bond acceptors (Lipinski definition) is 9. The average Bonchev–Trinajstić information content (AvgIpc) is 2.86. The third-order valence-corrected chi connectivity index (χ3v) is 5.21. The number of ether oxygens (including phenoxy) is 3. The first-order valence-electron chi connectivity index (χ1n) is 12.9. The van der Waals surface area contributed by atoms with Gasteiger partial charge < -0.3 is 46.9 Å². The number of amides is 4. The summed E-state index contributed by atoms with van der Waals surface area (Å²) in [6.07, 6.45) is 1.28. The van der Waals surface area contributed by atoms with Crippen molar-refractivity contribution in [2.24, 2.45) is 23.3 Å². The molecule has 216 valence electrons. The van der Waals surface area contributed by atoms with E-state index in [0.29, 0.717) is 65.6 Å². The monoisotopic (exact) mass is 532 g/mol. The Balaban J connectivity index is 3.42. The largest absolute Gasteiger partial charge is 0.379 e. The molecule has 0 spiro atoms. The molecule has 0 aliphatic heterocycles. The lowest BCUT2D eigenvalue weighted by Crippen LogP contribution is -2.47. The van der Waals surface area contributed by atoms with Crippen molar-refractivity contribution in [1.29, 1.82) is 0 Å². The fourth-order valence-corrected chi connectivity index (χ4v) is 2.65. The molecule has 0 rings (SSSR count). The zero-order valence-electron chi connectivity index (χ0n) is 22.8. The van der Waals surface area contributed by atoms with Gasteiger partial charge in [-0.3, -0.25) is 19.2 Å². The third-order valence-electron chi connectivity index (χ3n) is 5.21. The molecular weight excluding hydrogens is 484 g/mol. The van der Waals surface area contributed by atoms with Gasteiger partial charge in [-0.05, 0) is 24.7 Å². The topological polar surface area (TPSA) is 196 Å². The van der Waals surface area contributed by atoms with Gasteiger partial charge in [-0.2, -0.15) is 0 Å². The molecule has 0 aliphatic rings. The van der Waals surface area contributed by atoms with E-state index in [4.69, 9.17) is 25.7 Å². The highest BCUT2D eigenvalue weighted by Gasteiger charge is 2.18. The number of carbonyl (C=O) groups is 4. The minimum atomic E-state index is -0.628. The minimum Gasteiger partial charge on any atom is -0.379 e. The molecule has 0 fully saturated rings. The van der Waals surface area contributed by atoms with E-state index in [1.54, 1.807) is 0 Å². The van der Waals surface area contributed by atoms with Gasteiger partial charge in [0, 0.05) is 26.3 Å². The van der Waals surface area contributed by atoms with E-state index in [1.165, 1.54) is 0 Å². The molecule has 0 aromatic carbocycles. The van der Waals surface area contributed by atoms with Crippen molar-refractivity contribution in [1.82, 2.24) is 21.3 Å². The third kappa shape index (κ3) is 19.5. The summed E-state index contributed by atoms with van der Waals surface area (Å²) in [6.45, 7) is 10.7. The zero-order valence-corrected chi connectivity index (χ0v) is 22.8. The van der Waals surface area contributed by atoms with Crippen LogP contribution >= 0.6 is 0 Å². The first kappa shape index (κ1) is 34.7. The second kappa shape index (κ2) is 21.7. The summed E-state index contributed by atoms with van der Waals surface area (Å²) in [7, 11) is 0. The molecule has 37 heavy (non-hydrogen) atoms. The Hall–Kier alpha value is -2.32. The lowest BCUT2D eigenvalue weighted by molar-refractivity contribution is -0.127. The van der Waals surface area contributed by atoms with E-state index in [2.05, 4.69) is 21.3 Å². The van der Waals surface area contributed by atoms with Crippen molar-refractivity contribution < 1.29 is 33.4 Å². The Labute approximate surface area is 220 Å². The van der Waals surface area contributed by atoms with Crippen LogP contribution in [0, 0.1) is 11.8 Å². The number of nitrogens with one attached hydrogen (secondary N) is 4. The minimum absolute atomic E-state index is 0.00583. The molecule has 2 atom stereocenters. The van der Waals surface area contributed by atoms with E-state index in [0.717, 1.165) is 0 Å². The smallest absolute Gasteiger partial charge is 0.239 e. The van der Waals surface area contributed by atoms with Gasteiger partial charge in [-0.15, -0.1) is 0 Å². The van der Waals surface area contributed by atoms with Gasteiger partial charge in [-0.1, -0.05) is 27.7 Å². The van der Waals surface area contributed by atoms with Crippen molar-refractivity contribution in [2.45, 2.75) is 52.6 Å². The first-order chi connectivity index (χ1) is 17.6. The van der Waals surface area contributed by atoms with Crippen LogP contribution in [0.5, 0.6) is 0 Å². The van der Waals surface area contributed by atoms with Crippen LogP contribution in [0.4, 0.5) is 0 Å². The normalized spacial score (nSPS) is 12.8. The molecule has 13 heteroatoms. The number of hydrogen-bond donors (Lipinski definition) is 6. The van der Waals surface area contributed by atoms with Crippen molar-refractivity contribution in [2.75, 3.05) is 65.8 Å². The summed E-state index contributed by atoms with van der Waals surface area (Å²) in [6, 6.07) is -1.26. The average molecular weight is 533 g/mol. The van der Waals surface area contributed by atoms with Gasteiger partial charge in [0.05, 0.1) is 51.6 Å². The molecule has 8 N–H and O–H groups in total. The Morgan fingerprint density at radius 2 is 0.892 bits per heavy atom. The maximum atomic E-state index is 11.7. The predicted molar refractivity (Wildman–Crippen MR) is 139 cm³/mol. The summed E-state index contributed by atoms with van der Waals surface area (Å²) < 4.78 is 16.3. The quantitative estimate of drug-likeness (QED) is 0.0876. The van der Waals surface area contributed by atoms with Crippen molar-refractivity contribution in [3.63, 3.8) is 0 Å². The first-order valence-corrected chi connectivity index (χ1v) is 12.9. The standard InChI is InChI=1S/C24H48N6O7/c1-17(2)21(25)23(33)29-15-19(31)27-7-5-9-35-11-13-37-14-12-36-10-6-8-28-20(32)16-30-24(34)22(26)18(3)4/h17-18,21-22H,5-16,25-26H2,1-4H3,(H,27,31)(H,28,32)(H,29,33)(H,30,34)/t21-,22-/m0/s1. The van der Waals surface area contributed by atoms with Crippen LogP contribution in [0.2, 0.25) is 0 Å². The Morgan fingerprint density at radius 3 is 1.22 bits per heavy atom. The van der Waals surface area contributed by atoms with E-state index in [1.807, 2.05) is 27.7 Å². The molecule has 0 aromatic heterocycles. The van der Waals surface area contributed by atoms with Gasteiger partial charge >= 0.3 is 0 Å². The molecule has 0 saturated carbocycles. The van der Waals surface area contributed by atoms with Crippen LogP contribution in [-0.4, -0.2) is 102 Å². The van der Waals surface area contributed by atoms with Gasteiger partial charge in [0.25, 0.3) is 0 Å². The summed E-state index contributed by atoms with van der Waals surface area (Å²) >= 11 is 0. The van der Waals surface area contributed by atoms with Crippen LogP contribution in [0.25, 0.3) is 0 Å². The van der Waals surface area contributed by atoms with Crippen molar-refractivity contribution in [3.8, 4) is 0 Å². The highest BCUT2D eigenvalue weighted by Crippen LogP contribution is 1.98. The SMILES string of the molecule is CC(C)[C@H](N)C(=O)NCC(=O)NCCCOCCOCCOCCCNC(=O)CNC(=O)[C@@H](N)C(C)C. The Bertz CT molecular complexity index is 609. The molecule has 13 nitrogen and oxygen atoms in total. The highest BCUT2D eigenvalue weighted by atomic mass is 16.5. The van der Waals surface area contributed by atoms with Gasteiger partial charge in [0.1, 0.15) is 0 Å². The predicted octanol–water partition coefficient (Wildman–Crippen LogP) is -1.75. The lowest BCUT2D eigenvalue weighted by atomic mass is 10.1. The van der Waals surface area contributed by atoms with E-state index >= 15 is 0 Å². The number of carbonyl (C=O) groups excluding carboxylic acids is 4. The fraction of sp³-hybridized carbons (Fsp3) is 0.833. The van der Waals surface area contributed by atoms with Crippen molar-refractivity contribution >= 4 is 23.6 Å². The summed E-state index contributed by atoms with van der Waals surface area (Å²) in [5.41, 5.74) is 11.4. The Morgan fingerprint density at radius 1 is 0.568 bits per heavy atom. The summed E-state index contributed by atoms with van der Waals surface area (Å²) in [5, 5.41) is 10.4. The van der Waals surface area contributed by atoms with Crippen LogP contribution < -0.4 is 32.7 Å². The van der Waals surface area contributed by atoms with Gasteiger partial charge in [0.2, 0.25) is 23.6 Å². The molecule has 0 heterocycles. The highest BCUT2D eigenvalue weighted by molar-refractivity contribution is 5.88. The van der Waals surface area contributed by atoms with Crippen LogP contribution in [0.15, 0.2) is 0 Å². The lowest BCUT2D eigenvalue weighted by Gasteiger charge is -2.15. The molecule has 0 bridgehead atoms. The molecule has 0 aromatic rings. The van der Waals surface area contributed by atoms with E-state index < -0.39 is 12.1 Å².